The second-order valence-corrected chi connectivity index (χ2v) is 7.86. The highest BCUT2D eigenvalue weighted by Gasteiger charge is 2.42. The zero-order chi connectivity index (χ0) is 23.4. The zero-order valence-electron chi connectivity index (χ0n) is 18.4. The number of carbonyl (C=O) groups is 2. The summed E-state index contributed by atoms with van der Waals surface area (Å²) in [6.45, 7) is 2.29. The van der Waals surface area contributed by atoms with Gasteiger partial charge in [-0.15, -0.1) is 0 Å². The van der Waals surface area contributed by atoms with Crippen molar-refractivity contribution in [2.75, 3.05) is 6.61 Å². The molecule has 8 nitrogen and oxygen atoms in total. The lowest BCUT2D eigenvalue weighted by atomic mass is 9.81. The number of pyridine rings is 1. The molecule has 2 aromatic carbocycles. The lowest BCUT2D eigenvalue weighted by molar-refractivity contribution is -0.122. The van der Waals surface area contributed by atoms with Crippen LogP contribution in [-0.4, -0.2) is 38.9 Å². The van der Waals surface area contributed by atoms with E-state index in [4.69, 9.17) is 14.6 Å². The van der Waals surface area contributed by atoms with Crippen molar-refractivity contribution in [2.45, 2.75) is 18.9 Å². The van der Waals surface area contributed by atoms with Crippen LogP contribution in [0.2, 0.25) is 0 Å². The Hall–Kier alpha value is -4.20. The summed E-state index contributed by atoms with van der Waals surface area (Å²) in [6, 6.07) is 17.6. The van der Waals surface area contributed by atoms with E-state index in [1.165, 1.54) is 0 Å². The number of ether oxygens (including phenoxy) is 1. The van der Waals surface area contributed by atoms with E-state index in [0.717, 1.165) is 27.7 Å². The fourth-order valence-electron chi connectivity index (χ4n) is 4.12. The second-order valence-electron chi connectivity index (χ2n) is 7.86. The molecule has 1 atom stereocenters. The van der Waals surface area contributed by atoms with Crippen molar-refractivity contribution in [1.82, 2.24) is 20.1 Å². The van der Waals surface area contributed by atoms with Crippen molar-refractivity contribution in [3.8, 4) is 5.75 Å². The number of benzene rings is 2. The quantitative estimate of drug-likeness (QED) is 0.469. The van der Waals surface area contributed by atoms with Gasteiger partial charge in [0.15, 0.2) is 0 Å². The first-order valence-corrected chi connectivity index (χ1v) is 10.5. The number of carbonyl (C=O) groups excluding carboxylic acids is 1. The molecule has 1 aliphatic rings. The maximum absolute atomic E-state index is 13.4. The molecule has 0 saturated carbocycles. The van der Waals surface area contributed by atoms with Gasteiger partial charge < -0.3 is 15.2 Å². The molecule has 33 heavy (non-hydrogen) atoms. The average Bonchev–Trinajstić information content (AvgIpc) is 3.19. The Labute approximate surface area is 190 Å². The molecule has 2 aromatic heterocycles. The predicted octanol–water partition coefficient (Wildman–Crippen LogP) is 3.43. The molecule has 0 spiro atoms. The molecule has 8 heteroatoms. The van der Waals surface area contributed by atoms with E-state index in [9.17, 15) is 4.79 Å². The molecule has 5 rings (SSSR count). The number of aryl methyl sites for hydroxylation is 2. The van der Waals surface area contributed by atoms with Gasteiger partial charge in [0.05, 0.1) is 12.1 Å². The molecular weight excluding hydrogens is 420 g/mol. The first-order valence-electron chi connectivity index (χ1n) is 10.5. The van der Waals surface area contributed by atoms with Gasteiger partial charge in [0.25, 0.3) is 12.4 Å². The highest BCUT2D eigenvalue weighted by molar-refractivity contribution is 5.98. The Morgan fingerprint density at radius 1 is 1.21 bits per heavy atom. The summed E-state index contributed by atoms with van der Waals surface area (Å²) in [6.07, 6.45) is 4.27. The topological polar surface area (TPSA) is 106 Å². The van der Waals surface area contributed by atoms with Crippen LogP contribution < -0.4 is 10.1 Å². The standard InChI is InChI=1S/C24H22N4O2.CH2O2/c1-16-5-9-19(10-6-16)24(11-13-30-21-4-3-12-25-22(21)24)26-23(29)17-7-8-18-15-28(2)27-20(18)14-17;2-1-3/h3-10,12,14-15H,11,13H2,1-2H3,(H,26,29);1H,(H,2,3)/t24-;/m0./s1. The van der Waals surface area contributed by atoms with Crippen LogP contribution in [0.5, 0.6) is 5.75 Å². The highest BCUT2D eigenvalue weighted by atomic mass is 16.5. The summed E-state index contributed by atoms with van der Waals surface area (Å²) >= 11 is 0. The van der Waals surface area contributed by atoms with Gasteiger partial charge in [-0.1, -0.05) is 35.9 Å². The Morgan fingerprint density at radius 2 is 1.97 bits per heavy atom. The molecule has 4 aromatic rings. The first kappa shape index (κ1) is 22.0. The third kappa shape index (κ3) is 4.27. The van der Waals surface area contributed by atoms with Crippen molar-refractivity contribution in [3.63, 3.8) is 0 Å². The number of fused-ring (bicyclic) bond motifs is 2. The fourth-order valence-corrected chi connectivity index (χ4v) is 4.12. The molecule has 2 N–H and O–H groups in total. The van der Waals surface area contributed by atoms with E-state index in [2.05, 4.69) is 39.7 Å². The lowest BCUT2D eigenvalue weighted by Gasteiger charge is -2.39. The van der Waals surface area contributed by atoms with E-state index in [1.54, 1.807) is 10.9 Å². The minimum atomic E-state index is -0.765. The summed E-state index contributed by atoms with van der Waals surface area (Å²) in [4.78, 5) is 26.4. The van der Waals surface area contributed by atoms with Crippen LogP contribution >= 0.6 is 0 Å². The Balaban J connectivity index is 0.000000821. The van der Waals surface area contributed by atoms with Gasteiger partial charge in [-0.3, -0.25) is 19.3 Å². The Kier molecular flexibility index (Phi) is 6.08. The van der Waals surface area contributed by atoms with Crippen molar-refractivity contribution in [1.29, 1.82) is 0 Å². The first-order chi connectivity index (χ1) is 16.0. The van der Waals surface area contributed by atoms with Crippen molar-refractivity contribution >= 4 is 23.3 Å². The molecular formula is C25H24N4O4. The normalized spacial score (nSPS) is 16.7. The van der Waals surface area contributed by atoms with Crippen molar-refractivity contribution in [3.05, 3.63) is 89.4 Å². The van der Waals surface area contributed by atoms with Gasteiger partial charge >= 0.3 is 0 Å². The monoisotopic (exact) mass is 444 g/mol. The number of aromatic nitrogens is 3. The minimum Gasteiger partial charge on any atom is -0.491 e. The smallest absolute Gasteiger partial charge is 0.290 e. The molecule has 1 amide bonds. The largest absolute Gasteiger partial charge is 0.491 e. The van der Waals surface area contributed by atoms with Gasteiger partial charge in [-0.2, -0.15) is 5.10 Å². The minimum absolute atomic E-state index is 0.165. The second kappa shape index (κ2) is 9.12. The molecule has 0 bridgehead atoms. The lowest BCUT2D eigenvalue weighted by Crippen LogP contribution is -2.50. The van der Waals surface area contributed by atoms with Gasteiger partial charge in [0, 0.05) is 36.8 Å². The third-order valence-corrected chi connectivity index (χ3v) is 5.66. The van der Waals surface area contributed by atoms with E-state index in [-0.39, 0.29) is 12.4 Å². The van der Waals surface area contributed by atoms with Crippen LogP contribution in [0.15, 0.2) is 67.0 Å². The van der Waals surface area contributed by atoms with E-state index in [0.29, 0.717) is 24.3 Å². The molecule has 1 aliphatic heterocycles. The Bertz CT molecular complexity index is 1300. The van der Waals surface area contributed by atoms with Crippen molar-refractivity contribution < 1.29 is 19.4 Å². The van der Waals surface area contributed by atoms with E-state index >= 15 is 0 Å². The molecule has 0 fully saturated rings. The van der Waals surface area contributed by atoms with E-state index < -0.39 is 5.54 Å². The number of hydrogen-bond acceptors (Lipinski definition) is 5. The molecule has 0 radical (unpaired) electrons. The van der Waals surface area contributed by atoms with Crippen molar-refractivity contribution in [2.24, 2.45) is 7.05 Å². The summed E-state index contributed by atoms with van der Waals surface area (Å²) in [5.41, 5.74) is 3.47. The molecule has 3 heterocycles. The van der Waals surface area contributed by atoms with Crippen LogP contribution in [0.4, 0.5) is 0 Å². The van der Waals surface area contributed by atoms with Crippen LogP contribution in [-0.2, 0) is 17.4 Å². The summed E-state index contributed by atoms with van der Waals surface area (Å²) in [5, 5.41) is 15.6. The molecule has 168 valence electrons. The molecule has 0 unspecified atom stereocenters. The predicted molar refractivity (Wildman–Crippen MR) is 123 cm³/mol. The van der Waals surface area contributed by atoms with Crippen LogP contribution in [0, 0.1) is 6.92 Å². The molecule has 0 saturated heterocycles. The maximum Gasteiger partial charge on any atom is 0.290 e. The zero-order valence-corrected chi connectivity index (χ0v) is 18.4. The van der Waals surface area contributed by atoms with Gasteiger partial charge in [-0.05, 0) is 36.8 Å². The van der Waals surface area contributed by atoms with Gasteiger partial charge in [0.1, 0.15) is 17.0 Å². The fraction of sp³-hybridized carbons (Fsp3) is 0.200. The number of rotatable bonds is 3. The SMILES string of the molecule is Cc1ccc([C@@]2(NC(=O)c3ccc4cn(C)nc4c3)CCOc3cccnc32)cc1.O=CO. The van der Waals surface area contributed by atoms with Crippen LogP contribution in [0.1, 0.15) is 33.6 Å². The molecule has 0 aliphatic carbocycles. The van der Waals surface area contributed by atoms with Gasteiger partial charge in [-0.25, -0.2) is 0 Å². The number of amides is 1. The Morgan fingerprint density at radius 3 is 2.73 bits per heavy atom. The summed E-state index contributed by atoms with van der Waals surface area (Å²) in [7, 11) is 1.87. The average molecular weight is 444 g/mol. The number of carboxylic acid groups (broad SMARTS) is 1. The highest BCUT2D eigenvalue weighted by Crippen LogP contribution is 2.40. The van der Waals surface area contributed by atoms with Gasteiger partial charge in [0.2, 0.25) is 0 Å². The number of hydrogen-bond donors (Lipinski definition) is 2. The number of nitrogens with zero attached hydrogens (tertiary/aromatic N) is 3. The van der Waals surface area contributed by atoms with E-state index in [1.807, 2.05) is 50.5 Å². The maximum atomic E-state index is 13.4. The summed E-state index contributed by atoms with van der Waals surface area (Å²) in [5.74, 6) is 0.534. The van der Waals surface area contributed by atoms with Crippen LogP contribution in [0.25, 0.3) is 10.9 Å². The third-order valence-electron chi connectivity index (χ3n) is 5.66. The van der Waals surface area contributed by atoms with Crippen LogP contribution in [0.3, 0.4) is 0 Å². The summed E-state index contributed by atoms with van der Waals surface area (Å²) < 4.78 is 7.59. The number of nitrogens with one attached hydrogen (secondary N) is 1.